The van der Waals surface area contributed by atoms with Crippen molar-refractivity contribution in [2.45, 2.75) is 38.8 Å². The van der Waals surface area contributed by atoms with Crippen LogP contribution in [0.2, 0.25) is 0 Å². The standard InChI is InChI=1S/C15H22N4/c1-3-12-7-6-10-18(12)15-13(11-16-2)19-9-5-4-8-14(19)17-15/h4-5,8-9,12,16H,3,6-7,10-11H2,1-2H3. The first-order valence-electron chi connectivity index (χ1n) is 7.22. The number of hydrogen-bond donors (Lipinski definition) is 1. The van der Waals surface area contributed by atoms with Gasteiger partial charge in [-0.1, -0.05) is 13.0 Å². The van der Waals surface area contributed by atoms with Gasteiger partial charge < -0.3 is 14.6 Å². The summed E-state index contributed by atoms with van der Waals surface area (Å²) >= 11 is 0. The van der Waals surface area contributed by atoms with Crippen LogP contribution in [0.4, 0.5) is 5.82 Å². The van der Waals surface area contributed by atoms with Crippen molar-refractivity contribution in [3.8, 4) is 0 Å². The summed E-state index contributed by atoms with van der Waals surface area (Å²) in [5.41, 5.74) is 2.32. The first kappa shape index (κ1) is 12.5. The maximum Gasteiger partial charge on any atom is 0.152 e. The van der Waals surface area contributed by atoms with Gasteiger partial charge in [-0.3, -0.25) is 0 Å². The number of pyridine rings is 1. The second-order valence-electron chi connectivity index (χ2n) is 5.24. The third-order valence-corrected chi connectivity index (χ3v) is 4.07. The fourth-order valence-electron chi connectivity index (χ4n) is 3.13. The molecule has 0 spiro atoms. The van der Waals surface area contributed by atoms with Crippen LogP contribution in [0.3, 0.4) is 0 Å². The predicted molar refractivity (Wildman–Crippen MR) is 78.6 cm³/mol. The van der Waals surface area contributed by atoms with Crippen molar-refractivity contribution in [2.24, 2.45) is 0 Å². The molecule has 0 amide bonds. The summed E-state index contributed by atoms with van der Waals surface area (Å²) in [5, 5.41) is 3.27. The van der Waals surface area contributed by atoms with E-state index in [0.29, 0.717) is 6.04 Å². The second-order valence-corrected chi connectivity index (χ2v) is 5.24. The van der Waals surface area contributed by atoms with Crippen LogP contribution in [-0.2, 0) is 6.54 Å². The normalized spacial score (nSPS) is 19.5. The molecular formula is C15H22N4. The lowest BCUT2D eigenvalue weighted by molar-refractivity contribution is 0.637. The number of imidazole rings is 1. The molecule has 2 aromatic rings. The number of nitrogens with one attached hydrogen (secondary N) is 1. The number of aromatic nitrogens is 2. The van der Waals surface area contributed by atoms with Gasteiger partial charge in [0.1, 0.15) is 5.65 Å². The SMILES string of the molecule is CCC1CCCN1c1nc2ccccn2c1CNC. The van der Waals surface area contributed by atoms with Gasteiger partial charge in [-0.15, -0.1) is 0 Å². The number of rotatable bonds is 4. The van der Waals surface area contributed by atoms with Gasteiger partial charge in [0.05, 0.1) is 5.69 Å². The Bertz CT molecular complexity index is 560. The first-order chi connectivity index (χ1) is 9.35. The van der Waals surface area contributed by atoms with E-state index in [2.05, 4.69) is 45.9 Å². The molecule has 0 aromatic carbocycles. The highest BCUT2D eigenvalue weighted by molar-refractivity contribution is 5.57. The van der Waals surface area contributed by atoms with Crippen LogP contribution >= 0.6 is 0 Å². The van der Waals surface area contributed by atoms with Gasteiger partial charge >= 0.3 is 0 Å². The molecule has 0 radical (unpaired) electrons. The van der Waals surface area contributed by atoms with Crippen molar-refractivity contribution in [3.63, 3.8) is 0 Å². The van der Waals surface area contributed by atoms with Crippen molar-refractivity contribution in [1.82, 2.24) is 14.7 Å². The van der Waals surface area contributed by atoms with E-state index in [-0.39, 0.29) is 0 Å². The minimum absolute atomic E-state index is 0.653. The number of nitrogens with zero attached hydrogens (tertiary/aromatic N) is 3. The molecule has 0 bridgehead atoms. The fourth-order valence-corrected chi connectivity index (χ4v) is 3.13. The Hall–Kier alpha value is -1.55. The van der Waals surface area contributed by atoms with Crippen molar-refractivity contribution < 1.29 is 0 Å². The molecule has 4 heteroatoms. The quantitative estimate of drug-likeness (QED) is 0.914. The molecule has 3 rings (SSSR count). The zero-order chi connectivity index (χ0) is 13.2. The third-order valence-electron chi connectivity index (χ3n) is 4.07. The van der Waals surface area contributed by atoms with Crippen LogP contribution < -0.4 is 10.2 Å². The van der Waals surface area contributed by atoms with E-state index in [1.165, 1.54) is 30.8 Å². The zero-order valence-corrected chi connectivity index (χ0v) is 11.8. The van der Waals surface area contributed by atoms with E-state index in [0.717, 1.165) is 18.7 Å². The van der Waals surface area contributed by atoms with Crippen LogP contribution in [0.1, 0.15) is 31.9 Å². The summed E-state index contributed by atoms with van der Waals surface area (Å²) in [6, 6.07) is 6.86. The highest BCUT2D eigenvalue weighted by Gasteiger charge is 2.27. The molecule has 1 aliphatic rings. The fraction of sp³-hybridized carbons (Fsp3) is 0.533. The Labute approximate surface area is 114 Å². The second kappa shape index (κ2) is 5.21. The van der Waals surface area contributed by atoms with Crippen LogP contribution in [-0.4, -0.2) is 29.0 Å². The van der Waals surface area contributed by atoms with Crippen LogP contribution in [0, 0.1) is 0 Å². The van der Waals surface area contributed by atoms with Crippen LogP contribution in [0.5, 0.6) is 0 Å². The molecule has 2 aromatic heterocycles. The van der Waals surface area contributed by atoms with Gasteiger partial charge in [-0.25, -0.2) is 4.98 Å². The molecule has 4 nitrogen and oxygen atoms in total. The van der Waals surface area contributed by atoms with Gasteiger partial charge in [0.2, 0.25) is 0 Å². The average Bonchev–Trinajstić information content (AvgIpc) is 3.03. The lowest BCUT2D eigenvalue weighted by Crippen LogP contribution is -2.30. The molecule has 1 atom stereocenters. The van der Waals surface area contributed by atoms with E-state index < -0.39 is 0 Å². The predicted octanol–water partition coefficient (Wildman–Crippen LogP) is 2.43. The van der Waals surface area contributed by atoms with Gasteiger partial charge in [-0.05, 0) is 38.4 Å². The van der Waals surface area contributed by atoms with Gasteiger partial charge in [0, 0.05) is 25.3 Å². The maximum atomic E-state index is 4.86. The lowest BCUT2D eigenvalue weighted by atomic mass is 10.2. The highest BCUT2D eigenvalue weighted by Crippen LogP contribution is 2.30. The minimum Gasteiger partial charge on any atom is -0.352 e. The molecule has 1 aliphatic heterocycles. The van der Waals surface area contributed by atoms with E-state index in [1.54, 1.807) is 0 Å². The monoisotopic (exact) mass is 258 g/mol. The maximum absolute atomic E-state index is 4.86. The van der Waals surface area contributed by atoms with E-state index in [4.69, 9.17) is 4.98 Å². The number of anilines is 1. The lowest BCUT2D eigenvalue weighted by Gasteiger charge is -2.24. The van der Waals surface area contributed by atoms with Gasteiger partial charge in [0.25, 0.3) is 0 Å². The smallest absolute Gasteiger partial charge is 0.152 e. The number of fused-ring (bicyclic) bond motifs is 1. The summed E-state index contributed by atoms with van der Waals surface area (Å²) in [4.78, 5) is 7.36. The van der Waals surface area contributed by atoms with Crippen molar-refractivity contribution in [1.29, 1.82) is 0 Å². The largest absolute Gasteiger partial charge is 0.352 e. The third kappa shape index (κ3) is 2.10. The van der Waals surface area contributed by atoms with Gasteiger partial charge in [-0.2, -0.15) is 0 Å². The Morgan fingerprint density at radius 3 is 3.11 bits per heavy atom. The average molecular weight is 258 g/mol. The highest BCUT2D eigenvalue weighted by atomic mass is 15.3. The Morgan fingerprint density at radius 2 is 2.32 bits per heavy atom. The van der Waals surface area contributed by atoms with Crippen LogP contribution in [0.25, 0.3) is 5.65 Å². The molecule has 19 heavy (non-hydrogen) atoms. The summed E-state index contributed by atoms with van der Waals surface area (Å²) in [7, 11) is 1.99. The van der Waals surface area contributed by atoms with Crippen molar-refractivity contribution >= 4 is 11.5 Å². The van der Waals surface area contributed by atoms with Crippen molar-refractivity contribution in [2.75, 3.05) is 18.5 Å². The molecule has 1 unspecified atom stereocenters. The first-order valence-corrected chi connectivity index (χ1v) is 7.22. The molecule has 0 aliphatic carbocycles. The van der Waals surface area contributed by atoms with Gasteiger partial charge in [0.15, 0.2) is 5.82 Å². The number of hydrogen-bond acceptors (Lipinski definition) is 3. The summed E-state index contributed by atoms with van der Waals surface area (Å²) in [5.74, 6) is 1.17. The Morgan fingerprint density at radius 1 is 1.42 bits per heavy atom. The van der Waals surface area contributed by atoms with Crippen LogP contribution in [0.15, 0.2) is 24.4 Å². The van der Waals surface area contributed by atoms with E-state index >= 15 is 0 Å². The molecular weight excluding hydrogens is 236 g/mol. The molecule has 1 N–H and O–H groups in total. The topological polar surface area (TPSA) is 32.6 Å². The van der Waals surface area contributed by atoms with E-state index in [9.17, 15) is 0 Å². The van der Waals surface area contributed by atoms with Crippen molar-refractivity contribution in [3.05, 3.63) is 30.1 Å². The molecule has 0 saturated carbocycles. The zero-order valence-electron chi connectivity index (χ0n) is 11.8. The summed E-state index contributed by atoms with van der Waals surface area (Å²) in [6.07, 6.45) is 5.89. The molecule has 3 heterocycles. The van der Waals surface area contributed by atoms with E-state index in [1.807, 2.05) is 7.05 Å². The Kier molecular flexibility index (Phi) is 3.42. The minimum atomic E-state index is 0.653. The molecule has 1 fully saturated rings. The molecule has 102 valence electrons. The molecule has 1 saturated heterocycles. The summed E-state index contributed by atoms with van der Waals surface area (Å²) < 4.78 is 2.21. The summed E-state index contributed by atoms with van der Waals surface area (Å²) in [6.45, 7) is 4.27. The Balaban J connectivity index is 2.08.